The third-order valence-electron chi connectivity index (χ3n) is 8.33. The number of carbonyl (C=O) groups is 4. The normalized spacial score (nSPS) is 13.9. The van der Waals surface area contributed by atoms with Gasteiger partial charge in [0.05, 0.1) is 12.5 Å². The van der Waals surface area contributed by atoms with Gasteiger partial charge in [0, 0.05) is 46.4 Å². The summed E-state index contributed by atoms with van der Waals surface area (Å²) >= 11 is 0. The minimum Gasteiger partial charge on any atom is -0.494 e. The average molecular weight is 661 g/mol. The van der Waals surface area contributed by atoms with Gasteiger partial charge in [0.2, 0.25) is 11.8 Å². The van der Waals surface area contributed by atoms with Crippen molar-refractivity contribution < 1.29 is 38.9 Å². The molecule has 0 bridgehead atoms. The predicted octanol–water partition coefficient (Wildman–Crippen LogP) is 5.93. The van der Waals surface area contributed by atoms with E-state index in [4.69, 9.17) is 9.47 Å². The van der Waals surface area contributed by atoms with Crippen LogP contribution in [0.1, 0.15) is 116 Å². The number of ether oxygens (including phenoxy) is 2. The third kappa shape index (κ3) is 16.9. The van der Waals surface area contributed by atoms with Crippen LogP contribution >= 0.6 is 0 Å². The summed E-state index contributed by atoms with van der Waals surface area (Å²) in [6.45, 7) is 4.79. The number of carbonyl (C=O) groups excluding carboxylic acids is 3. The fourth-order valence-corrected chi connectivity index (χ4v) is 5.27. The van der Waals surface area contributed by atoms with Crippen LogP contribution in [0.2, 0.25) is 0 Å². The Labute approximate surface area is 282 Å². The smallest absolute Gasteiger partial charge is 0.336 e. The van der Waals surface area contributed by atoms with Gasteiger partial charge >= 0.3 is 5.97 Å². The minimum absolute atomic E-state index is 0.0799. The molecular formula is C37H60N2O8. The van der Waals surface area contributed by atoms with E-state index in [1.165, 1.54) is 39.5 Å². The van der Waals surface area contributed by atoms with Gasteiger partial charge in [-0.3, -0.25) is 14.4 Å². The SMILES string of the molecule is CCCCCCCC(=O)CCCCCC/C=C/[C@H](C(=O)NC(Cc1ccc(OCCCC)cc1)C(=O)NC)[C@@](O)(CCOC)C(=O)O. The predicted molar refractivity (Wildman–Crippen MR) is 184 cm³/mol. The molecule has 2 amide bonds. The summed E-state index contributed by atoms with van der Waals surface area (Å²) in [4.78, 5) is 50.8. The maximum atomic E-state index is 13.6. The Bertz CT molecular complexity index is 1070. The number of carboxylic acids is 1. The largest absolute Gasteiger partial charge is 0.494 e. The number of carboxylic acid groups (broad SMARTS) is 1. The number of aliphatic hydroxyl groups is 1. The van der Waals surface area contributed by atoms with E-state index in [0.717, 1.165) is 56.9 Å². The highest BCUT2D eigenvalue weighted by molar-refractivity contribution is 5.93. The van der Waals surface area contributed by atoms with Crippen molar-refractivity contribution in [3.8, 4) is 5.75 Å². The van der Waals surface area contributed by atoms with Gasteiger partial charge in [-0.1, -0.05) is 83.1 Å². The van der Waals surface area contributed by atoms with Gasteiger partial charge in [-0.2, -0.15) is 0 Å². The van der Waals surface area contributed by atoms with Gasteiger partial charge in [-0.25, -0.2) is 4.79 Å². The number of benzene rings is 1. The standard InChI is InChI=1S/C37H60N2O8/c1-5-7-9-12-15-18-30(40)19-16-13-10-11-14-17-20-32(37(45,36(43)44)25-27-46-4)34(41)39-33(35(42)38-3)28-29-21-23-31(24-22-29)47-26-8-6-2/h17,20-24,32-33,45H,5-16,18-19,25-28H2,1-4H3,(H,38,42)(H,39,41)(H,43,44)/b20-17+/t32-,33?,37+/m1/s1. The molecule has 1 unspecified atom stereocenters. The lowest BCUT2D eigenvalue weighted by atomic mass is 9.83. The lowest BCUT2D eigenvalue weighted by Crippen LogP contribution is -2.56. The number of Topliss-reactive ketones (excluding diaryl/α,β-unsaturated/α-hetero) is 1. The molecule has 1 rings (SSSR count). The number of rotatable bonds is 28. The molecule has 266 valence electrons. The Kier molecular flexibility index (Phi) is 22.1. The van der Waals surface area contributed by atoms with Crippen LogP contribution in [0, 0.1) is 5.92 Å². The van der Waals surface area contributed by atoms with Crippen molar-refractivity contribution in [3.63, 3.8) is 0 Å². The number of aliphatic carboxylic acids is 1. The molecule has 0 radical (unpaired) electrons. The van der Waals surface area contributed by atoms with Crippen molar-refractivity contribution in [2.75, 3.05) is 27.4 Å². The van der Waals surface area contributed by atoms with Crippen LogP contribution in [0.4, 0.5) is 0 Å². The highest BCUT2D eigenvalue weighted by Crippen LogP contribution is 2.26. The Morgan fingerprint density at radius 1 is 0.851 bits per heavy atom. The second-order valence-electron chi connectivity index (χ2n) is 12.3. The molecule has 0 aromatic heterocycles. The number of likely N-dealkylation sites (N-methyl/N-ethyl adjacent to an activating group) is 1. The summed E-state index contributed by atoms with van der Waals surface area (Å²) in [5, 5.41) is 26.5. The number of hydrogen-bond acceptors (Lipinski definition) is 7. The number of hydrogen-bond donors (Lipinski definition) is 4. The van der Waals surface area contributed by atoms with Crippen molar-refractivity contribution in [3.05, 3.63) is 42.0 Å². The maximum Gasteiger partial charge on any atom is 0.336 e. The van der Waals surface area contributed by atoms with Gasteiger partial charge in [-0.15, -0.1) is 0 Å². The van der Waals surface area contributed by atoms with Crippen LogP contribution in [0.3, 0.4) is 0 Å². The van der Waals surface area contributed by atoms with Crippen molar-refractivity contribution in [2.45, 2.75) is 128 Å². The summed E-state index contributed by atoms with van der Waals surface area (Å²) in [5.74, 6) is -3.21. The molecule has 1 aromatic rings. The fourth-order valence-electron chi connectivity index (χ4n) is 5.27. The molecule has 0 saturated heterocycles. The van der Waals surface area contributed by atoms with Crippen molar-refractivity contribution >= 4 is 23.6 Å². The molecule has 0 aliphatic heterocycles. The molecule has 0 aliphatic carbocycles. The van der Waals surface area contributed by atoms with Crippen molar-refractivity contribution in [1.82, 2.24) is 10.6 Å². The Morgan fingerprint density at radius 2 is 1.47 bits per heavy atom. The van der Waals surface area contributed by atoms with Crippen LogP contribution < -0.4 is 15.4 Å². The first-order chi connectivity index (χ1) is 22.6. The van der Waals surface area contributed by atoms with E-state index in [2.05, 4.69) is 24.5 Å². The van der Waals surface area contributed by atoms with E-state index in [1.807, 2.05) is 12.1 Å². The zero-order chi connectivity index (χ0) is 34.9. The van der Waals surface area contributed by atoms with Crippen molar-refractivity contribution in [2.24, 2.45) is 5.92 Å². The molecule has 47 heavy (non-hydrogen) atoms. The van der Waals surface area contributed by atoms with Crippen LogP contribution in [0.25, 0.3) is 0 Å². The Balaban J connectivity index is 2.85. The zero-order valence-corrected chi connectivity index (χ0v) is 29.2. The van der Waals surface area contributed by atoms with Gasteiger partial charge in [0.15, 0.2) is 5.60 Å². The summed E-state index contributed by atoms with van der Waals surface area (Å²) in [5.41, 5.74) is -1.67. The molecule has 0 aliphatic rings. The Hall–Kier alpha value is -3.24. The topological polar surface area (TPSA) is 151 Å². The number of allylic oxidation sites excluding steroid dienone is 1. The number of methoxy groups -OCH3 is 1. The highest BCUT2D eigenvalue weighted by Gasteiger charge is 2.47. The van der Waals surface area contributed by atoms with E-state index < -0.39 is 35.3 Å². The number of amides is 2. The van der Waals surface area contributed by atoms with Gasteiger partial charge in [0.1, 0.15) is 17.6 Å². The second kappa shape index (κ2) is 24.9. The van der Waals surface area contributed by atoms with Crippen LogP contribution in [0.5, 0.6) is 5.75 Å². The average Bonchev–Trinajstić information content (AvgIpc) is 3.06. The molecule has 4 N–H and O–H groups in total. The van der Waals surface area contributed by atoms with Crippen LogP contribution in [-0.2, 0) is 30.3 Å². The Morgan fingerprint density at radius 3 is 2.04 bits per heavy atom. The number of unbranched alkanes of at least 4 members (excludes halogenated alkanes) is 9. The lowest BCUT2D eigenvalue weighted by molar-refractivity contribution is -0.168. The first kappa shape index (κ1) is 41.8. The van der Waals surface area contributed by atoms with Crippen LogP contribution in [0.15, 0.2) is 36.4 Å². The first-order valence-electron chi connectivity index (χ1n) is 17.5. The molecule has 3 atom stereocenters. The monoisotopic (exact) mass is 660 g/mol. The van der Waals surface area contributed by atoms with E-state index in [1.54, 1.807) is 18.2 Å². The summed E-state index contributed by atoms with van der Waals surface area (Å²) in [7, 11) is 2.84. The summed E-state index contributed by atoms with van der Waals surface area (Å²) in [6.07, 6.45) is 15.9. The van der Waals surface area contributed by atoms with Crippen LogP contribution in [-0.4, -0.2) is 72.8 Å². The quantitative estimate of drug-likeness (QED) is 0.0638. The van der Waals surface area contributed by atoms with Crippen molar-refractivity contribution in [1.29, 1.82) is 0 Å². The molecule has 0 heterocycles. The molecule has 10 nitrogen and oxygen atoms in total. The lowest BCUT2D eigenvalue weighted by Gasteiger charge is -2.31. The molecule has 10 heteroatoms. The van der Waals surface area contributed by atoms with E-state index >= 15 is 0 Å². The third-order valence-corrected chi connectivity index (χ3v) is 8.33. The molecule has 0 fully saturated rings. The van der Waals surface area contributed by atoms with Gasteiger partial charge in [-0.05, 0) is 49.8 Å². The zero-order valence-electron chi connectivity index (χ0n) is 29.2. The maximum absolute atomic E-state index is 13.6. The van der Waals surface area contributed by atoms with Gasteiger partial charge < -0.3 is 30.3 Å². The van der Waals surface area contributed by atoms with E-state index in [9.17, 15) is 29.4 Å². The second-order valence-corrected chi connectivity index (χ2v) is 12.3. The fraction of sp³-hybridized carbons (Fsp3) is 0.676. The molecular weight excluding hydrogens is 600 g/mol. The molecule has 0 saturated carbocycles. The minimum atomic E-state index is -2.45. The van der Waals surface area contributed by atoms with Gasteiger partial charge in [0.25, 0.3) is 0 Å². The highest BCUT2D eigenvalue weighted by atomic mass is 16.5. The number of nitrogens with one attached hydrogen (secondary N) is 2. The summed E-state index contributed by atoms with van der Waals surface area (Å²) in [6, 6.07) is 6.24. The molecule has 1 aromatic carbocycles. The van der Waals surface area contributed by atoms with E-state index in [0.29, 0.717) is 37.4 Å². The van der Waals surface area contributed by atoms with E-state index in [-0.39, 0.29) is 19.4 Å². The molecule has 0 spiro atoms. The first-order valence-corrected chi connectivity index (χ1v) is 17.5. The summed E-state index contributed by atoms with van der Waals surface area (Å²) < 4.78 is 10.7. The number of ketones is 1.